The van der Waals surface area contributed by atoms with Crippen LogP contribution in [0.25, 0.3) is 32.3 Å². The Labute approximate surface area is 201 Å². The number of hydrogen-bond acceptors (Lipinski definition) is 7. The highest BCUT2D eigenvalue weighted by Crippen LogP contribution is 2.43. The number of methoxy groups -OCH3 is 1. The highest BCUT2D eigenvalue weighted by Gasteiger charge is 2.27. The van der Waals surface area contributed by atoms with Gasteiger partial charge >= 0.3 is 0 Å². The summed E-state index contributed by atoms with van der Waals surface area (Å²) in [6, 6.07) is 5.39. The summed E-state index contributed by atoms with van der Waals surface area (Å²) in [5.41, 5.74) is 2.30. The molecule has 1 aromatic carbocycles. The van der Waals surface area contributed by atoms with Crippen molar-refractivity contribution >= 4 is 27.4 Å². The van der Waals surface area contributed by atoms with E-state index >= 15 is 4.39 Å². The minimum Gasteiger partial charge on any atom is -0.494 e. The average molecular weight is 482 g/mol. The lowest BCUT2D eigenvalue weighted by Crippen LogP contribution is -2.18. The van der Waals surface area contributed by atoms with Crippen LogP contribution in [0.15, 0.2) is 24.4 Å². The van der Waals surface area contributed by atoms with Crippen LogP contribution in [-0.2, 0) is 7.05 Å². The highest BCUT2D eigenvalue weighted by atomic mass is 32.1. The number of imidazole rings is 1. The number of halogens is 1. The van der Waals surface area contributed by atoms with Gasteiger partial charge in [0.2, 0.25) is 0 Å². The largest absolute Gasteiger partial charge is 0.494 e. The van der Waals surface area contributed by atoms with Crippen LogP contribution in [0.5, 0.6) is 5.75 Å². The Kier molecular flexibility index (Phi) is 5.99. The van der Waals surface area contributed by atoms with E-state index in [4.69, 9.17) is 14.7 Å². The van der Waals surface area contributed by atoms with E-state index in [1.807, 2.05) is 31.7 Å². The van der Waals surface area contributed by atoms with E-state index in [9.17, 15) is 5.11 Å². The van der Waals surface area contributed by atoms with Crippen LogP contribution < -0.4 is 10.1 Å². The van der Waals surface area contributed by atoms with Crippen LogP contribution in [0.2, 0.25) is 0 Å². The first-order chi connectivity index (χ1) is 16.4. The third-order valence-corrected chi connectivity index (χ3v) is 7.77. The van der Waals surface area contributed by atoms with Crippen molar-refractivity contribution in [3.05, 3.63) is 41.5 Å². The molecule has 4 aromatic rings. The van der Waals surface area contributed by atoms with Crippen LogP contribution in [0, 0.1) is 25.6 Å². The fourth-order valence-corrected chi connectivity index (χ4v) is 6.03. The third kappa shape index (κ3) is 3.92. The molecule has 2 N–H and O–H groups in total. The van der Waals surface area contributed by atoms with E-state index < -0.39 is 0 Å². The second kappa shape index (κ2) is 8.96. The Morgan fingerprint density at radius 3 is 2.74 bits per heavy atom. The fourth-order valence-electron chi connectivity index (χ4n) is 4.83. The Balaban J connectivity index is 1.68. The number of nitrogens with one attached hydrogen (secondary N) is 1. The summed E-state index contributed by atoms with van der Waals surface area (Å²) >= 11 is 1.45. The van der Waals surface area contributed by atoms with Gasteiger partial charge in [0.05, 0.1) is 18.2 Å². The zero-order valence-electron chi connectivity index (χ0n) is 19.7. The molecule has 7 nitrogen and oxygen atoms in total. The molecule has 0 saturated heterocycles. The number of ether oxygens (including phenoxy) is 1. The van der Waals surface area contributed by atoms with Crippen molar-refractivity contribution in [1.82, 2.24) is 19.5 Å². The monoisotopic (exact) mass is 481 g/mol. The first kappa shape index (κ1) is 22.7. The van der Waals surface area contributed by atoms with E-state index in [1.54, 1.807) is 18.2 Å². The maximum atomic E-state index is 15.2. The SMILES string of the molecule is COc1cccc(-c2sc3nc(-c4nc(C)cn4C)nc(N[C@@H]4CC[C@H](CO)C4)c3c2C)c1F. The fraction of sp³-hybridized carbons (Fsp3) is 0.400. The molecule has 0 amide bonds. The van der Waals surface area contributed by atoms with Gasteiger partial charge in [-0.25, -0.2) is 19.3 Å². The van der Waals surface area contributed by atoms with Gasteiger partial charge in [-0.15, -0.1) is 11.3 Å². The molecule has 9 heteroatoms. The van der Waals surface area contributed by atoms with Gasteiger partial charge in [0.1, 0.15) is 10.6 Å². The standard InChI is InChI=1S/C25H28FN5O2S/c1-13-11-31(3)24(27-13)23-29-22(28-16-9-8-15(10-16)12-32)19-14(2)21(34-25(19)30-23)17-6-5-7-18(33-4)20(17)26/h5-7,11,15-16,32H,8-10,12H2,1-4H3,(H,28,29,30)/t15-,16+/m0/s1. The molecule has 0 radical (unpaired) electrons. The summed E-state index contributed by atoms with van der Waals surface area (Å²) in [5, 5.41) is 14.1. The first-order valence-corrected chi connectivity index (χ1v) is 12.2. The molecule has 1 aliphatic carbocycles. The van der Waals surface area contributed by atoms with Crippen LogP contribution in [0.1, 0.15) is 30.5 Å². The third-order valence-electron chi connectivity index (χ3n) is 6.56. The number of rotatable bonds is 6. The zero-order chi connectivity index (χ0) is 24.0. The number of thiophene rings is 1. The van der Waals surface area contributed by atoms with E-state index in [1.165, 1.54) is 18.4 Å². The predicted molar refractivity (Wildman–Crippen MR) is 133 cm³/mol. The molecule has 0 unspecified atom stereocenters. The van der Waals surface area contributed by atoms with Gasteiger partial charge in [-0.3, -0.25) is 0 Å². The van der Waals surface area contributed by atoms with Gasteiger partial charge in [-0.05, 0) is 50.7 Å². The minimum atomic E-state index is -0.386. The predicted octanol–water partition coefficient (Wildman–Crippen LogP) is 5.10. The van der Waals surface area contributed by atoms with E-state index in [0.717, 1.165) is 51.4 Å². The molecular weight excluding hydrogens is 453 g/mol. The van der Waals surface area contributed by atoms with Crippen molar-refractivity contribution in [3.8, 4) is 27.8 Å². The van der Waals surface area contributed by atoms with Crippen molar-refractivity contribution in [2.45, 2.75) is 39.2 Å². The molecule has 0 spiro atoms. The van der Waals surface area contributed by atoms with Gasteiger partial charge in [0, 0.05) is 36.3 Å². The molecule has 1 aliphatic rings. The normalized spacial score (nSPS) is 18.1. The maximum Gasteiger partial charge on any atom is 0.199 e. The van der Waals surface area contributed by atoms with E-state index in [0.29, 0.717) is 23.1 Å². The number of aryl methyl sites for hydroxylation is 3. The van der Waals surface area contributed by atoms with Gasteiger partial charge in [-0.2, -0.15) is 0 Å². The molecule has 0 aliphatic heterocycles. The van der Waals surface area contributed by atoms with Crippen molar-refractivity contribution in [2.75, 3.05) is 19.0 Å². The van der Waals surface area contributed by atoms with Crippen molar-refractivity contribution in [2.24, 2.45) is 13.0 Å². The maximum absolute atomic E-state index is 15.2. The van der Waals surface area contributed by atoms with Gasteiger partial charge in [0.15, 0.2) is 23.2 Å². The lowest BCUT2D eigenvalue weighted by molar-refractivity contribution is 0.229. The summed E-state index contributed by atoms with van der Waals surface area (Å²) < 4.78 is 22.3. The smallest absolute Gasteiger partial charge is 0.199 e. The van der Waals surface area contributed by atoms with E-state index in [2.05, 4.69) is 10.3 Å². The lowest BCUT2D eigenvalue weighted by atomic mass is 10.1. The Morgan fingerprint density at radius 1 is 1.24 bits per heavy atom. The Morgan fingerprint density at radius 2 is 2.06 bits per heavy atom. The molecule has 1 fully saturated rings. The average Bonchev–Trinajstić information content (AvgIpc) is 3.51. The van der Waals surface area contributed by atoms with Crippen LogP contribution >= 0.6 is 11.3 Å². The summed E-state index contributed by atoms with van der Waals surface area (Å²) in [5.74, 6) is 2.07. The molecule has 3 aromatic heterocycles. The van der Waals surface area contributed by atoms with Gasteiger partial charge in [0.25, 0.3) is 0 Å². The first-order valence-electron chi connectivity index (χ1n) is 11.4. The number of benzene rings is 1. The molecule has 178 valence electrons. The number of aromatic nitrogens is 4. The number of aliphatic hydroxyl groups is 1. The quantitative estimate of drug-likeness (QED) is 0.399. The summed E-state index contributed by atoms with van der Waals surface area (Å²) in [4.78, 5) is 16.0. The van der Waals surface area contributed by atoms with Gasteiger partial charge < -0.3 is 19.7 Å². The van der Waals surface area contributed by atoms with Crippen molar-refractivity contribution in [1.29, 1.82) is 0 Å². The molecule has 1 saturated carbocycles. The number of hydrogen-bond donors (Lipinski definition) is 2. The Hall–Kier alpha value is -3.04. The number of fused-ring (bicyclic) bond motifs is 1. The minimum absolute atomic E-state index is 0.200. The van der Waals surface area contributed by atoms with Crippen LogP contribution in [0.4, 0.5) is 10.2 Å². The van der Waals surface area contributed by atoms with Crippen molar-refractivity contribution in [3.63, 3.8) is 0 Å². The highest BCUT2D eigenvalue weighted by molar-refractivity contribution is 7.22. The molecule has 5 rings (SSSR count). The topological polar surface area (TPSA) is 85.1 Å². The molecule has 3 heterocycles. The number of aliphatic hydroxyl groups excluding tert-OH is 1. The molecule has 0 bridgehead atoms. The van der Waals surface area contributed by atoms with Crippen molar-refractivity contribution < 1.29 is 14.2 Å². The second-order valence-corrected chi connectivity index (χ2v) is 9.97. The Bertz CT molecular complexity index is 1370. The molecule has 2 atom stereocenters. The second-order valence-electron chi connectivity index (χ2n) is 8.97. The lowest BCUT2D eigenvalue weighted by Gasteiger charge is -2.15. The molecule has 34 heavy (non-hydrogen) atoms. The summed E-state index contributed by atoms with van der Waals surface area (Å²) in [6.45, 7) is 4.12. The zero-order valence-corrected chi connectivity index (χ0v) is 20.5. The summed E-state index contributed by atoms with van der Waals surface area (Å²) in [6.07, 6.45) is 4.78. The van der Waals surface area contributed by atoms with E-state index in [-0.39, 0.29) is 24.2 Å². The van der Waals surface area contributed by atoms with Crippen LogP contribution in [0.3, 0.4) is 0 Å². The molecular formula is C25H28FN5O2S. The number of nitrogens with zero attached hydrogens (tertiary/aromatic N) is 4. The summed E-state index contributed by atoms with van der Waals surface area (Å²) in [7, 11) is 3.39. The van der Waals surface area contributed by atoms with Gasteiger partial charge in [-0.1, -0.05) is 12.1 Å². The number of anilines is 1. The van der Waals surface area contributed by atoms with Crippen LogP contribution in [-0.4, -0.2) is 44.4 Å².